The number of nitrogens with zero attached hydrogens (tertiary/aromatic N) is 1. The van der Waals surface area contributed by atoms with E-state index in [-0.39, 0.29) is 5.92 Å². The van der Waals surface area contributed by atoms with Gasteiger partial charge in [-0.1, -0.05) is 13.0 Å². The summed E-state index contributed by atoms with van der Waals surface area (Å²) in [6.07, 6.45) is 2.61. The molecule has 0 aliphatic heterocycles. The van der Waals surface area contributed by atoms with Crippen molar-refractivity contribution >= 4 is 22.2 Å². The van der Waals surface area contributed by atoms with Crippen LogP contribution in [0.5, 0.6) is 0 Å². The molecule has 1 atom stereocenters. The third-order valence-electron chi connectivity index (χ3n) is 1.48. The van der Waals surface area contributed by atoms with Crippen molar-refractivity contribution in [3.05, 3.63) is 28.5 Å². The average molecular weight is 214 g/mol. The Labute approximate surface area is 73.8 Å². The highest BCUT2D eigenvalue weighted by Crippen LogP contribution is 2.13. The zero-order valence-corrected chi connectivity index (χ0v) is 7.71. The quantitative estimate of drug-likeness (QED) is 0.557. The lowest BCUT2D eigenvalue weighted by Crippen LogP contribution is -1.94. The molecule has 3 heteroatoms. The molecular formula is C8H8BrNO. The molecule has 1 aromatic heterocycles. The molecule has 11 heavy (non-hydrogen) atoms. The highest BCUT2D eigenvalue weighted by atomic mass is 79.9. The van der Waals surface area contributed by atoms with Crippen LogP contribution < -0.4 is 0 Å². The van der Waals surface area contributed by atoms with Gasteiger partial charge in [0.2, 0.25) is 0 Å². The Balaban J connectivity index is 2.89. The molecule has 0 spiro atoms. The molecule has 1 unspecified atom stereocenters. The second-order valence-electron chi connectivity index (χ2n) is 2.34. The summed E-state index contributed by atoms with van der Waals surface area (Å²) in [7, 11) is 0. The molecule has 0 radical (unpaired) electrons. The van der Waals surface area contributed by atoms with Crippen molar-refractivity contribution in [2.75, 3.05) is 0 Å². The minimum Gasteiger partial charge on any atom is -0.303 e. The Bertz CT molecular complexity index is 245. The SMILES string of the molecule is CC(C=O)c1ccc(Br)nc1. The maximum Gasteiger partial charge on any atom is 0.127 e. The third-order valence-corrected chi connectivity index (χ3v) is 1.95. The van der Waals surface area contributed by atoms with Gasteiger partial charge in [0.25, 0.3) is 0 Å². The molecule has 0 bridgehead atoms. The first-order valence-corrected chi connectivity index (χ1v) is 4.10. The summed E-state index contributed by atoms with van der Waals surface area (Å²) >= 11 is 3.22. The Morgan fingerprint density at radius 3 is 2.82 bits per heavy atom. The van der Waals surface area contributed by atoms with E-state index in [2.05, 4.69) is 20.9 Å². The average Bonchev–Trinajstić information content (AvgIpc) is 2.05. The van der Waals surface area contributed by atoms with Crippen LogP contribution in [0.1, 0.15) is 18.4 Å². The number of halogens is 1. The number of rotatable bonds is 2. The van der Waals surface area contributed by atoms with Crippen LogP contribution in [-0.4, -0.2) is 11.3 Å². The Kier molecular flexibility index (Phi) is 2.76. The van der Waals surface area contributed by atoms with E-state index in [9.17, 15) is 4.79 Å². The first-order chi connectivity index (χ1) is 5.24. The van der Waals surface area contributed by atoms with E-state index in [1.807, 2.05) is 19.1 Å². The summed E-state index contributed by atoms with van der Waals surface area (Å²) in [5, 5.41) is 0. The lowest BCUT2D eigenvalue weighted by Gasteiger charge is -2.01. The van der Waals surface area contributed by atoms with Crippen molar-refractivity contribution in [1.82, 2.24) is 4.98 Å². The van der Waals surface area contributed by atoms with Gasteiger partial charge in [-0.15, -0.1) is 0 Å². The molecule has 0 aliphatic carbocycles. The molecule has 0 aliphatic rings. The first-order valence-electron chi connectivity index (χ1n) is 3.31. The fraction of sp³-hybridized carbons (Fsp3) is 0.250. The van der Waals surface area contributed by atoms with Gasteiger partial charge in [0, 0.05) is 12.1 Å². The fourth-order valence-corrected chi connectivity index (χ4v) is 0.970. The van der Waals surface area contributed by atoms with Crippen molar-refractivity contribution in [3.63, 3.8) is 0 Å². The number of aldehydes is 1. The van der Waals surface area contributed by atoms with Gasteiger partial charge in [0.15, 0.2) is 0 Å². The molecule has 58 valence electrons. The maximum absolute atomic E-state index is 10.4. The largest absolute Gasteiger partial charge is 0.303 e. The van der Waals surface area contributed by atoms with Gasteiger partial charge in [-0.25, -0.2) is 4.98 Å². The summed E-state index contributed by atoms with van der Waals surface area (Å²) in [4.78, 5) is 14.4. The summed E-state index contributed by atoms with van der Waals surface area (Å²) < 4.78 is 0.791. The lowest BCUT2D eigenvalue weighted by atomic mass is 10.1. The third kappa shape index (κ3) is 2.12. The number of hydrogen-bond acceptors (Lipinski definition) is 2. The molecule has 0 saturated carbocycles. The molecular weight excluding hydrogens is 206 g/mol. The van der Waals surface area contributed by atoms with Crippen molar-refractivity contribution in [2.45, 2.75) is 12.8 Å². The van der Waals surface area contributed by atoms with Crippen LogP contribution in [0.2, 0.25) is 0 Å². The highest BCUT2D eigenvalue weighted by Gasteiger charge is 2.02. The molecule has 0 fully saturated rings. The monoisotopic (exact) mass is 213 g/mol. The Morgan fingerprint density at radius 2 is 2.36 bits per heavy atom. The van der Waals surface area contributed by atoms with Crippen molar-refractivity contribution in [1.29, 1.82) is 0 Å². The van der Waals surface area contributed by atoms with E-state index in [1.165, 1.54) is 0 Å². The van der Waals surface area contributed by atoms with Gasteiger partial charge in [0.05, 0.1) is 0 Å². The van der Waals surface area contributed by atoms with Gasteiger partial charge in [-0.05, 0) is 27.6 Å². The number of carbonyl (C=O) groups is 1. The second kappa shape index (κ2) is 3.62. The van der Waals surface area contributed by atoms with Crippen LogP contribution in [0.15, 0.2) is 22.9 Å². The molecule has 0 saturated heterocycles. The minimum absolute atomic E-state index is 0.0596. The topological polar surface area (TPSA) is 30.0 Å². The second-order valence-corrected chi connectivity index (χ2v) is 3.15. The van der Waals surface area contributed by atoms with Crippen LogP contribution in [-0.2, 0) is 4.79 Å². The summed E-state index contributed by atoms with van der Waals surface area (Å²) in [6.45, 7) is 1.85. The van der Waals surface area contributed by atoms with E-state index in [1.54, 1.807) is 6.20 Å². The maximum atomic E-state index is 10.4. The smallest absolute Gasteiger partial charge is 0.127 e. The van der Waals surface area contributed by atoms with Crippen LogP contribution in [0.25, 0.3) is 0 Å². The minimum atomic E-state index is -0.0596. The van der Waals surface area contributed by atoms with Crippen LogP contribution in [0, 0.1) is 0 Å². The number of aromatic nitrogens is 1. The molecule has 0 N–H and O–H groups in total. The standard InChI is InChI=1S/C8H8BrNO/c1-6(5-11)7-2-3-8(9)10-4-7/h2-6H,1H3. The van der Waals surface area contributed by atoms with Crippen LogP contribution >= 0.6 is 15.9 Å². The van der Waals surface area contributed by atoms with E-state index in [0.717, 1.165) is 16.5 Å². The highest BCUT2D eigenvalue weighted by molar-refractivity contribution is 9.10. The normalized spacial score (nSPS) is 12.5. The Morgan fingerprint density at radius 1 is 1.64 bits per heavy atom. The zero-order valence-electron chi connectivity index (χ0n) is 6.12. The van der Waals surface area contributed by atoms with Crippen molar-refractivity contribution < 1.29 is 4.79 Å². The molecule has 1 rings (SSSR count). The first kappa shape index (κ1) is 8.40. The van der Waals surface area contributed by atoms with E-state index >= 15 is 0 Å². The van der Waals surface area contributed by atoms with Gasteiger partial charge in [0.1, 0.15) is 10.9 Å². The predicted octanol–water partition coefficient (Wildman–Crippen LogP) is 2.15. The number of pyridine rings is 1. The predicted molar refractivity (Wildman–Crippen MR) is 46.4 cm³/mol. The molecule has 2 nitrogen and oxygen atoms in total. The van der Waals surface area contributed by atoms with Gasteiger partial charge in [-0.3, -0.25) is 0 Å². The van der Waals surface area contributed by atoms with Gasteiger partial charge >= 0.3 is 0 Å². The lowest BCUT2D eigenvalue weighted by molar-refractivity contribution is -0.108. The molecule has 1 heterocycles. The summed E-state index contributed by atoms with van der Waals surface area (Å²) in [5.41, 5.74) is 0.947. The molecule has 0 aromatic carbocycles. The van der Waals surface area contributed by atoms with Crippen LogP contribution in [0.4, 0.5) is 0 Å². The van der Waals surface area contributed by atoms with E-state index in [0.29, 0.717) is 0 Å². The zero-order chi connectivity index (χ0) is 8.27. The van der Waals surface area contributed by atoms with Gasteiger partial charge in [-0.2, -0.15) is 0 Å². The van der Waals surface area contributed by atoms with E-state index in [4.69, 9.17) is 0 Å². The molecule has 0 amide bonds. The van der Waals surface area contributed by atoms with Crippen LogP contribution in [0.3, 0.4) is 0 Å². The van der Waals surface area contributed by atoms with Gasteiger partial charge < -0.3 is 4.79 Å². The summed E-state index contributed by atoms with van der Waals surface area (Å²) in [5.74, 6) is -0.0596. The number of hydrogen-bond donors (Lipinski definition) is 0. The molecule has 1 aromatic rings. The number of carbonyl (C=O) groups excluding carboxylic acids is 1. The van der Waals surface area contributed by atoms with Crippen molar-refractivity contribution in [3.8, 4) is 0 Å². The van der Waals surface area contributed by atoms with Crippen molar-refractivity contribution in [2.24, 2.45) is 0 Å². The Hall–Kier alpha value is -0.700. The summed E-state index contributed by atoms with van der Waals surface area (Å²) in [6, 6.07) is 3.71. The van der Waals surface area contributed by atoms with E-state index < -0.39 is 0 Å². The fourth-order valence-electron chi connectivity index (χ4n) is 0.735.